The first-order chi connectivity index (χ1) is 13.3. The Balaban J connectivity index is 1.65. The Kier molecular flexibility index (Phi) is 5.55. The molecule has 0 saturated heterocycles. The van der Waals surface area contributed by atoms with Gasteiger partial charge in [-0.3, -0.25) is 19.3 Å². The van der Waals surface area contributed by atoms with Crippen molar-refractivity contribution in [2.24, 2.45) is 5.92 Å². The number of rotatable bonds is 6. The van der Waals surface area contributed by atoms with Crippen LogP contribution in [0.3, 0.4) is 0 Å². The Morgan fingerprint density at radius 3 is 2.36 bits per heavy atom. The van der Waals surface area contributed by atoms with E-state index in [2.05, 4.69) is 10.3 Å². The number of ether oxygens (including phenoxy) is 1. The zero-order chi connectivity index (χ0) is 20.4. The highest BCUT2D eigenvalue weighted by Crippen LogP contribution is 2.25. The summed E-state index contributed by atoms with van der Waals surface area (Å²) in [4.78, 5) is 54.4. The number of fused-ring (bicyclic) bond motifs is 1. The van der Waals surface area contributed by atoms with E-state index in [1.165, 1.54) is 0 Å². The molecule has 28 heavy (non-hydrogen) atoms. The maximum Gasteiger partial charge on any atom is 0.350 e. The standard InChI is InChI=1S/C19H19N3O5S/c1-10(2)9-27-18(26)15-11(3)20-19(28-15)21-14(23)8-22-16(24)12-6-4-5-7-13(12)17(22)25/h4-7,10H,8-9H2,1-3H3,(H,20,21,23). The zero-order valence-corrected chi connectivity index (χ0v) is 16.5. The molecule has 1 aromatic carbocycles. The first kappa shape index (κ1) is 19.7. The Bertz CT molecular complexity index is 931. The second kappa shape index (κ2) is 7.89. The third kappa shape index (κ3) is 3.94. The maximum absolute atomic E-state index is 12.3. The van der Waals surface area contributed by atoms with Gasteiger partial charge < -0.3 is 10.1 Å². The molecule has 0 unspecified atom stereocenters. The van der Waals surface area contributed by atoms with Gasteiger partial charge in [0.2, 0.25) is 5.91 Å². The fourth-order valence-corrected chi connectivity index (χ4v) is 3.51. The highest BCUT2D eigenvalue weighted by molar-refractivity contribution is 7.17. The minimum atomic E-state index is -0.578. The maximum atomic E-state index is 12.3. The van der Waals surface area contributed by atoms with Crippen LogP contribution in [0.1, 0.15) is 49.9 Å². The number of amides is 3. The van der Waals surface area contributed by atoms with E-state index in [4.69, 9.17) is 4.74 Å². The van der Waals surface area contributed by atoms with Crippen molar-refractivity contribution in [3.05, 3.63) is 46.0 Å². The lowest BCUT2D eigenvalue weighted by molar-refractivity contribution is -0.116. The second-order valence-corrected chi connectivity index (χ2v) is 7.72. The van der Waals surface area contributed by atoms with E-state index < -0.39 is 30.2 Å². The molecule has 3 rings (SSSR count). The van der Waals surface area contributed by atoms with Gasteiger partial charge in [0.1, 0.15) is 11.4 Å². The topological polar surface area (TPSA) is 106 Å². The number of benzene rings is 1. The van der Waals surface area contributed by atoms with Crippen molar-refractivity contribution in [1.29, 1.82) is 0 Å². The Labute approximate surface area is 165 Å². The van der Waals surface area contributed by atoms with E-state index in [0.717, 1.165) is 16.2 Å². The van der Waals surface area contributed by atoms with Gasteiger partial charge in [-0.1, -0.05) is 37.3 Å². The molecule has 2 aromatic rings. The van der Waals surface area contributed by atoms with Crippen LogP contribution in [0.5, 0.6) is 0 Å². The van der Waals surface area contributed by atoms with Crippen molar-refractivity contribution in [3.63, 3.8) is 0 Å². The largest absolute Gasteiger partial charge is 0.461 e. The average molecular weight is 401 g/mol. The molecule has 2 heterocycles. The highest BCUT2D eigenvalue weighted by Gasteiger charge is 2.36. The van der Waals surface area contributed by atoms with Crippen LogP contribution in [0.15, 0.2) is 24.3 Å². The molecule has 0 aliphatic carbocycles. The molecule has 0 bridgehead atoms. The normalized spacial score (nSPS) is 13.1. The minimum absolute atomic E-state index is 0.204. The van der Waals surface area contributed by atoms with Gasteiger partial charge in [-0.2, -0.15) is 0 Å². The van der Waals surface area contributed by atoms with Gasteiger partial charge in [-0.25, -0.2) is 9.78 Å². The molecule has 146 valence electrons. The molecule has 1 aliphatic heterocycles. The summed E-state index contributed by atoms with van der Waals surface area (Å²) in [6.45, 7) is 5.35. The minimum Gasteiger partial charge on any atom is -0.461 e. The SMILES string of the molecule is Cc1nc(NC(=O)CN2C(=O)c3ccccc3C2=O)sc1C(=O)OCC(C)C. The van der Waals surface area contributed by atoms with E-state index in [9.17, 15) is 19.2 Å². The molecule has 0 radical (unpaired) electrons. The summed E-state index contributed by atoms with van der Waals surface area (Å²) in [5.74, 6) is -1.89. The number of imide groups is 1. The summed E-state index contributed by atoms with van der Waals surface area (Å²) < 4.78 is 5.18. The first-order valence-electron chi connectivity index (χ1n) is 8.67. The van der Waals surface area contributed by atoms with Crippen LogP contribution in [-0.4, -0.2) is 46.7 Å². The number of aryl methyl sites for hydroxylation is 1. The number of hydrogen-bond donors (Lipinski definition) is 1. The third-order valence-corrected chi connectivity index (χ3v) is 5.01. The van der Waals surface area contributed by atoms with Gasteiger partial charge in [0, 0.05) is 0 Å². The summed E-state index contributed by atoms with van der Waals surface area (Å²) in [5, 5.41) is 2.74. The molecule has 3 amide bonds. The predicted molar refractivity (Wildman–Crippen MR) is 102 cm³/mol. The van der Waals surface area contributed by atoms with Crippen LogP contribution in [0.2, 0.25) is 0 Å². The fraction of sp³-hybridized carbons (Fsp3) is 0.316. The van der Waals surface area contributed by atoms with Crippen molar-refractivity contribution in [3.8, 4) is 0 Å². The van der Waals surface area contributed by atoms with E-state index in [-0.39, 0.29) is 28.8 Å². The predicted octanol–water partition coefficient (Wildman–Crippen LogP) is 2.50. The highest BCUT2D eigenvalue weighted by atomic mass is 32.1. The molecule has 0 atom stereocenters. The van der Waals surface area contributed by atoms with Crippen LogP contribution in [0.4, 0.5) is 5.13 Å². The van der Waals surface area contributed by atoms with E-state index in [1.54, 1.807) is 31.2 Å². The number of aromatic nitrogens is 1. The van der Waals surface area contributed by atoms with Crippen molar-refractivity contribution < 1.29 is 23.9 Å². The molecule has 1 aliphatic rings. The lowest BCUT2D eigenvalue weighted by Gasteiger charge is -2.12. The molecule has 1 N–H and O–H groups in total. The lowest BCUT2D eigenvalue weighted by atomic mass is 10.1. The molecule has 0 saturated carbocycles. The Morgan fingerprint density at radius 2 is 1.79 bits per heavy atom. The molecular formula is C19H19N3O5S. The number of thiazole rings is 1. The summed E-state index contributed by atoms with van der Waals surface area (Å²) >= 11 is 0.988. The van der Waals surface area contributed by atoms with Crippen LogP contribution in [-0.2, 0) is 9.53 Å². The molecule has 8 nitrogen and oxygen atoms in total. The monoisotopic (exact) mass is 401 g/mol. The molecule has 9 heteroatoms. The lowest BCUT2D eigenvalue weighted by Crippen LogP contribution is -2.37. The molecule has 0 spiro atoms. The second-order valence-electron chi connectivity index (χ2n) is 6.72. The van der Waals surface area contributed by atoms with Crippen molar-refractivity contribution in [1.82, 2.24) is 9.88 Å². The number of hydrogen-bond acceptors (Lipinski definition) is 7. The number of nitrogens with one attached hydrogen (secondary N) is 1. The zero-order valence-electron chi connectivity index (χ0n) is 15.6. The Hall–Kier alpha value is -3.07. The molecule has 1 aromatic heterocycles. The smallest absolute Gasteiger partial charge is 0.350 e. The van der Waals surface area contributed by atoms with E-state index in [1.807, 2.05) is 13.8 Å². The number of esters is 1. The summed E-state index contributed by atoms with van der Waals surface area (Å²) in [6, 6.07) is 6.41. The van der Waals surface area contributed by atoms with Crippen LogP contribution in [0, 0.1) is 12.8 Å². The first-order valence-corrected chi connectivity index (χ1v) is 9.49. The number of anilines is 1. The van der Waals surface area contributed by atoms with E-state index in [0.29, 0.717) is 10.6 Å². The fourth-order valence-electron chi connectivity index (χ4n) is 2.63. The molecule has 0 fully saturated rings. The molecular weight excluding hydrogens is 382 g/mol. The third-order valence-electron chi connectivity index (χ3n) is 3.96. The van der Waals surface area contributed by atoms with Gasteiger partial charge in [-0.15, -0.1) is 0 Å². The van der Waals surface area contributed by atoms with Gasteiger partial charge in [0.25, 0.3) is 11.8 Å². The summed E-state index contributed by atoms with van der Waals surface area (Å²) in [7, 11) is 0. The van der Waals surface area contributed by atoms with Crippen LogP contribution < -0.4 is 5.32 Å². The van der Waals surface area contributed by atoms with Gasteiger partial charge in [-0.05, 0) is 25.0 Å². The van der Waals surface area contributed by atoms with E-state index >= 15 is 0 Å². The number of nitrogens with zero attached hydrogens (tertiary/aromatic N) is 2. The Morgan fingerprint density at radius 1 is 1.18 bits per heavy atom. The summed E-state index contributed by atoms with van der Waals surface area (Å²) in [6.07, 6.45) is 0. The van der Waals surface area contributed by atoms with Gasteiger partial charge in [0.05, 0.1) is 23.4 Å². The average Bonchev–Trinajstić information content (AvgIpc) is 3.13. The number of carbonyl (C=O) groups is 4. The summed E-state index contributed by atoms with van der Waals surface area (Å²) in [5.41, 5.74) is 0.996. The van der Waals surface area contributed by atoms with Gasteiger partial charge >= 0.3 is 5.97 Å². The van der Waals surface area contributed by atoms with Crippen LogP contribution >= 0.6 is 11.3 Å². The van der Waals surface area contributed by atoms with Crippen LogP contribution in [0.25, 0.3) is 0 Å². The van der Waals surface area contributed by atoms with Crippen molar-refractivity contribution in [2.45, 2.75) is 20.8 Å². The quantitative estimate of drug-likeness (QED) is 0.589. The van der Waals surface area contributed by atoms with Crippen molar-refractivity contribution in [2.75, 3.05) is 18.5 Å². The number of carbonyl (C=O) groups excluding carboxylic acids is 4. The van der Waals surface area contributed by atoms with Crippen molar-refractivity contribution >= 4 is 40.2 Å². The van der Waals surface area contributed by atoms with Gasteiger partial charge in [0.15, 0.2) is 5.13 Å².